The van der Waals surface area contributed by atoms with Crippen LogP contribution in [0.25, 0.3) is 0 Å². The van der Waals surface area contributed by atoms with Gasteiger partial charge < -0.3 is 14.9 Å². The Morgan fingerprint density at radius 1 is 1.56 bits per heavy atom. The summed E-state index contributed by atoms with van der Waals surface area (Å²) in [5, 5.41) is 18.7. The highest BCUT2D eigenvalue weighted by Gasteiger charge is 2.30. The third-order valence-corrected chi connectivity index (χ3v) is 3.71. The van der Waals surface area contributed by atoms with Crippen LogP contribution in [0.1, 0.15) is 12.5 Å². The first-order chi connectivity index (χ1) is 8.52. The number of nitrogens with zero attached hydrogens (tertiary/aromatic N) is 1. The fraction of sp³-hybridized carbons (Fsp3) is 0.600. The largest absolute Gasteiger partial charge is 0.394 e. The fourth-order valence-corrected chi connectivity index (χ4v) is 2.38. The lowest BCUT2D eigenvalue weighted by atomic mass is 10.0. The molecule has 0 unspecified atom stereocenters. The Hall–Kier alpha value is -0.710. The zero-order chi connectivity index (χ0) is 13.3. The van der Waals surface area contributed by atoms with E-state index < -0.39 is 23.5 Å². The lowest BCUT2D eigenvalue weighted by Crippen LogP contribution is -2.44. The Morgan fingerprint density at radius 2 is 2.28 bits per heavy atom. The molecule has 1 aromatic heterocycles. The van der Waals surface area contributed by atoms with Crippen LogP contribution in [0.2, 0.25) is 0 Å². The predicted octanol–water partition coefficient (Wildman–Crippen LogP) is -1.18. The summed E-state index contributed by atoms with van der Waals surface area (Å²) in [6.07, 6.45) is 0.304. The maximum Gasteiger partial charge on any atom is 0.328 e. The number of aromatic nitrogens is 2. The number of aliphatic hydroxyl groups excluding tert-OH is 2. The van der Waals surface area contributed by atoms with Crippen molar-refractivity contribution in [1.82, 2.24) is 9.55 Å². The first-order valence-electron chi connectivity index (χ1n) is 5.44. The molecule has 0 aromatic carbocycles. The van der Waals surface area contributed by atoms with Gasteiger partial charge in [-0.1, -0.05) is 0 Å². The monoisotopic (exact) mass is 368 g/mol. The van der Waals surface area contributed by atoms with Gasteiger partial charge in [0.15, 0.2) is 0 Å². The molecule has 3 N–H and O–H groups in total. The standard InChI is InChI=1S/C10H13IN2O5/c11-6-2-13(10(17)12-9(6)16)5-1-7(15)8(3-14)18-4-5/h2,5,7-8,14-15H,1,3-4H2,(H,12,16,17)/t5-,7+,8-/m1/s1. The van der Waals surface area contributed by atoms with Crippen LogP contribution < -0.4 is 11.2 Å². The molecule has 1 fully saturated rings. The number of hydrogen-bond acceptors (Lipinski definition) is 5. The van der Waals surface area contributed by atoms with Crippen molar-refractivity contribution in [1.29, 1.82) is 0 Å². The van der Waals surface area contributed by atoms with Crippen LogP contribution in [-0.2, 0) is 4.74 Å². The van der Waals surface area contributed by atoms with E-state index in [0.717, 1.165) is 0 Å². The second-order valence-corrected chi connectivity index (χ2v) is 5.32. The van der Waals surface area contributed by atoms with Crippen molar-refractivity contribution in [2.45, 2.75) is 24.7 Å². The van der Waals surface area contributed by atoms with Crippen molar-refractivity contribution in [3.8, 4) is 0 Å². The second-order valence-electron chi connectivity index (χ2n) is 4.15. The summed E-state index contributed by atoms with van der Waals surface area (Å²) >= 11 is 1.83. The van der Waals surface area contributed by atoms with Crippen LogP contribution in [0.5, 0.6) is 0 Å². The number of nitrogens with one attached hydrogen (secondary N) is 1. The summed E-state index contributed by atoms with van der Waals surface area (Å²) < 4.78 is 7.02. The van der Waals surface area contributed by atoms with E-state index in [9.17, 15) is 14.7 Å². The SMILES string of the molecule is O=c1[nH]c(=O)n([C@H]2CO[C@H](CO)[C@@H](O)C2)cc1I. The van der Waals surface area contributed by atoms with Gasteiger partial charge in [0.05, 0.1) is 28.9 Å². The third-order valence-electron chi connectivity index (χ3n) is 2.94. The molecule has 0 spiro atoms. The van der Waals surface area contributed by atoms with Crippen LogP contribution in [0.4, 0.5) is 0 Å². The Balaban J connectivity index is 2.26. The molecular formula is C10H13IN2O5. The highest BCUT2D eigenvalue weighted by molar-refractivity contribution is 14.1. The molecule has 100 valence electrons. The van der Waals surface area contributed by atoms with E-state index in [-0.39, 0.29) is 19.3 Å². The summed E-state index contributed by atoms with van der Waals surface area (Å²) in [5.74, 6) is 0. The highest BCUT2D eigenvalue weighted by atomic mass is 127. The smallest absolute Gasteiger partial charge is 0.328 e. The van der Waals surface area contributed by atoms with E-state index in [1.54, 1.807) is 0 Å². The lowest BCUT2D eigenvalue weighted by Gasteiger charge is -2.33. The molecule has 3 atom stereocenters. The minimum Gasteiger partial charge on any atom is -0.394 e. The lowest BCUT2D eigenvalue weighted by molar-refractivity contribution is -0.113. The van der Waals surface area contributed by atoms with E-state index in [1.807, 2.05) is 22.6 Å². The maximum absolute atomic E-state index is 11.7. The van der Waals surface area contributed by atoms with Crippen molar-refractivity contribution < 1.29 is 14.9 Å². The van der Waals surface area contributed by atoms with Crippen LogP contribution in [0.3, 0.4) is 0 Å². The average Bonchev–Trinajstić information content (AvgIpc) is 2.33. The van der Waals surface area contributed by atoms with Crippen molar-refractivity contribution in [2.24, 2.45) is 0 Å². The fourth-order valence-electron chi connectivity index (χ4n) is 1.94. The zero-order valence-electron chi connectivity index (χ0n) is 9.38. The summed E-state index contributed by atoms with van der Waals surface area (Å²) in [6.45, 7) is -0.0454. The molecule has 7 nitrogen and oxygen atoms in total. The molecule has 1 aromatic rings. The van der Waals surface area contributed by atoms with E-state index in [4.69, 9.17) is 9.84 Å². The molecule has 0 bridgehead atoms. The third kappa shape index (κ3) is 2.66. The Kier molecular flexibility index (Phi) is 4.20. The number of halogens is 1. The number of aliphatic hydroxyl groups is 2. The number of aromatic amines is 1. The van der Waals surface area contributed by atoms with Crippen LogP contribution in [0, 0.1) is 3.57 Å². The number of rotatable bonds is 2. The molecule has 1 aliphatic rings. The molecule has 1 aliphatic heterocycles. The summed E-state index contributed by atoms with van der Waals surface area (Å²) in [7, 11) is 0. The van der Waals surface area contributed by atoms with Gasteiger partial charge in [0.2, 0.25) is 0 Å². The van der Waals surface area contributed by atoms with E-state index in [1.165, 1.54) is 10.8 Å². The summed E-state index contributed by atoms with van der Waals surface area (Å²) in [6, 6.07) is -0.347. The Bertz CT molecular complexity index is 540. The van der Waals surface area contributed by atoms with Gasteiger partial charge in [-0.2, -0.15) is 0 Å². The molecule has 0 amide bonds. The van der Waals surface area contributed by atoms with Crippen molar-refractivity contribution in [2.75, 3.05) is 13.2 Å². The topological polar surface area (TPSA) is 105 Å². The van der Waals surface area contributed by atoms with Gasteiger partial charge in [-0.3, -0.25) is 14.3 Å². The summed E-state index contributed by atoms with van der Waals surface area (Å²) in [4.78, 5) is 25.1. The van der Waals surface area contributed by atoms with Gasteiger partial charge in [0, 0.05) is 6.20 Å². The quantitative estimate of drug-likeness (QED) is 0.571. The molecule has 1 saturated heterocycles. The second kappa shape index (κ2) is 5.51. The van der Waals surface area contributed by atoms with Gasteiger partial charge in [0.1, 0.15) is 6.10 Å². The first-order valence-corrected chi connectivity index (χ1v) is 6.52. The van der Waals surface area contributed by atoms with Gasteiger partial charge >= 0.3 is 5.69 Å². The average molecular weight is 368 g/mol. The van der Waals surface area contributed by atoms with Crippen molar-refractivity contribution in [3.05, 3.63) is 30.6 Å². The number of H-pyrrole nitrogens is 1. The molecular weight excluding hydrogens is 355 g/mol. The minimum atomic E-state index is -0.828. The normalized spacial score (nSPS) is 28.3. The van der Waals surface area contributed by atoms with Gasteiger partial charge in [-0.05, 0) is 29.0 Å². The molecule has 0 radical (unpaired) electrons. The van der Waals surface area contributed by atoms with E-state index >= 15 is 0 Å². The molecule has 18 heavy (non-hydrogen) atoms. The van der Waals surface area contributed by atoms with Crippen molar-refractivity contribution in [3.63, 3.8) is 0 Å². The highest BCUT2D eigenvalue weighted by Crippen LogP contribution is 2.22. The zero-order valence-corrected chi connectivity index (χ0v) is 11.5. The number of hydrogen-bond donors (Lipinski definition) is 3. The molecule has 0 saturated carbocycles. The first kappa shape index (κ1) is 13.7. The van der Waals surface area contributed by atoms with Gasteiger partial charge in [0.25, 0.3) is 5.56 Å². The van der Waals surface area contributed by atoms with Gasteiger partial charge in [-0.15, -0.1) is 0 Å². The molecule has 2 rings (SSSR count). The number of ether oxygens (including phenoxy) is 1. The van der Waals surface area contributed by atoms with Crippen molar-refractivity contribution >= 4 is 22.6 Å². The Labute approximate surface area is 116 Å². The van der Waals surface area contributed by atoms with E-state index in [0.29, 0.717) is 9.99 Å². The predicted molar refractivity (Wildman–Crippen MR) is 70.5 cm³/mol. The molecule has 2 heterocycles. The maximum atomic E-state index is 11.7. The molecule has 0 aliphatic carbocycles. The minimum absolute atomic E-state index is 0.213. The molecule has 8 heteroatoms. The van der Waals surface area contributed by atoms with Crippen LogP contribution in [0.15, 0.2) is 15.8 Å². The summed E-state index contributed by atoms with van der Waals surface area (Å²) in [5.41, 5.74) is -0.953. The van der Waals surface area contributed by atoms with Crippen LogP contribution in [-0.4, -0.2) is 45.2 Å². The van der Waals surface area contributed by atoms with E-state index in [2.05, 4.69) is 4.98 Å². The van der Waals surface area contributed by atoms with Crippen LogP contribution >= 0.6 is 22.6 Å². The Morgan fingerprint density at radius 3 is 2.89 bits per heavy atom. The van der Waals surface area contributed by atoms with Gasteiger partial charge in [-0.25, -0.2) is 4.79 Å².